The van der Waals surface area contributed by atoms with Crippen molar-refractivity contribution < 1.29 is 18.3 Å². The van der Waals surface area contributed by atoms with Crippen LogP contribution in [0.15, 0.2) is 46.8 Å². The van der Waals surface area contributed by atoms with Crippen LogP contribution in [0.25, 0.3) is 10.9 Å². The molecule has 6 nitrogen and oxygen atoms in total. The lowest BCUT2D eigenvalue weighted by molar-refractivity contribution is 0.0698. The van der Waals surface area contributed by atoms with Crippen molar-refractivity contribution in [2.75, 3.05) is 6.54 Å². The molecule has 2 heterocycles. The SMILES string of the molecule is O=C(O)c1sccc1S(=O)(=O)NCCc1c[nH]c2ccccc12. The number of para-hydroxylation sites is 1. The van der Waals surface area contributed by atoms with Gasteiger partial charge in [0.25, 0.3) is 0 Å². The first-order valence-electron chi connectivity index (χ1n) is 6.84. The van der Waals surface area contributed by atoms with E-state index in [0.29, 0.717) is 6.42 Å². The highest BCUT2D eigenvalue weighted by Gasteiger charge is 2.23. The van der Waals surface area contributed by atoms with E-state index >= 15 is 0 Å². The van der Waals surface area contributed by atoms with Crippen molar-refractivity contribution in [1.29, 1.82) is 0 Å². The number of carboxylic acids is 1. The minimum Gasteiger partial charge on any atom is -0.477 e. The first kappa shape index (κ1) is 15.7. The number of benzene rings is 1. The summed E-state index contributed by atoms with van der Waals surface area (Å²) in [5.74, 6) is -1.24. The number of sulfonamides is 1. The Morgan fingerprint density at radius 2 is 2.04 bits per heavy atom. The first-order chi connectivity index (χ1) is 11.0. The molecule has 1 aromatic carbocycles. The molecule has 3 aromatic rings. The number of aromatic amines is 1. The van der Waals surface area contributed by atoms with Crippen molar-refractivity contribution in [3.63, 3.8) is 0 Å². The average molecular weight is 350 g/mol. The summed E-state index contributed by atoms with van der Waals surface area (Å²) in [7, 11) is -3.83. The van der Waals surface area contributed by atoms with Crippen LogP contribution < -0.4 is 4.72 Å². The molecule has 3 rings (SSSR count). The Morgan fingerprint density at radius 3 is 2.83 bits per heavy atom. The Balaban J connectivity index is 1.73. The zero-order chi connectivity index (χ0) is 16.4. The molecule has 0 atom stereocenters. The normalized spacial score (nSPS) is 11.8. The summed E-state index contributed by atoms with van der Waals surface area (Å²) >= 11 is 0.894. The molecule has 0 aliphatic carbocycles. The van der Waals surface area contributed by atoms with E-state index in [1.807, 2.05) is 30.5 Å². The maximum Gasteiger partial charge on any atom is 0.347 e. The Bertz CT molecular complexity index is 957. The van der Waals surface area contributed by atoms with Crippen molar-refractivity contribution in [2.24, 2.45) is 0 Å². The zero-order valence-electron chi connectivity index (χ0n) is 11.9. The highest BCUT2D eigenvalue weighted by molar-refractivity contribution is 7.89. The van der Waals surface area contributed by atoms with Gasteiger partial charge in [0.05, 0.1) is 0 Å². The summed E-state index contributed by atoms with van der Waals surface area (Å²) in [4.78, 5) is 13.8. The molecule has 120 valence electrons. The number of carbonyl (C=O) groups is 1. The maximum atomic E-state index is 12.2. The Hall–Kier alpha value is -2.16. The zero-order valence-corrected chi connectivity index (χ0v) is 13.6. The monoisotopic (exact) mass is 350 g/mol. The standard InChI is InChI=1S/C15H14N2O4S2/c18-15(19)14-13(6-8-22-14)23(20,21)17-7-5-10-9-16-12-4-2-1-3-11(10)12/h1-4,6,8-9,16-17H,5,7H2,(H,18,19). The molecule has 0 aliphatic rings. The second-order valence-corrected chi connectivity index (χ2v) is 7.58. The van der Waals surface area contributed by atoms with Gasteiger partial charge in [0, 0.05) is 23.6 Å². The Morgan fingerprint density at radius 1 is 1.26 bits per heavy atom. The van der Waals surface area contributed by atoms with Crippen LogP contribution in [0.2, 0.25) is 0 Å². The Kier molecular flexibility index (Phi) is 4.20. The van der Waals surface area contributed by atoms with Gasteiger partial charge in [-0.2, -0.15) is 0 Å². The molecule has 0 fully saturated rings. The van der Waals surface area contributed by atoms with Gasteiger partial charge in [0.1, 0.15) is 9.77 Å². The largest absolute Gasteiger partial charge is 0.477 e. The average Bonchev–Trinajstić information content (AvgIpc) is 3.14. The molecule has 0 saturated carbocycles. The molecule has 2 aromatic heterocycles. The fraction of sp³-hybridized carbons (Fsp3) is 0.133. The van der Waals surface area contributed by atoms with Gasteiger partial charge < -0.3 is 10.1 Å². The fourth-order valence-electron chi connectivity index (χ4n) is 2.40. The fourth-order valence-corrected chi connectivity index (χ4v) is 4.69. The third kappa shape index (κ3) is 3.14. The quantitative estimate of drug-likeness (QED) is 0.636. The van der Waals surface area contributed by atoms with Crippen LogP contribution in [0.5, 0.6) is 0 Å². The number of H-pyrrole nitrogens is 1. The molecule has 0 radical (unpaired) electrons. The number of thiophene rings is 1. The molecular weight excluding hydrogens is 336 g/mol. The number of hydrogen-bond donors (Lipinski definition) is 3. The molecule has 23 heavy (non-hydrogen) atoms. The number of carboxylic acid groups (broad SMARTS) is 1. The van der Waals surface area contributed by atoms with E-state index in [1.54, 1.807) is 0 Å². The van der Waals surface area contributed by atoms with Gasteiger partial charge in [-0.3, -0.25) is 0 Å². The van der Waals surface area contributed by atoms with Crippen LogP contribution in [0.4, 0.5) is 0 Å². The van der Waals surface area contributed by atoms with Crippen LogP contribution in [-0.2, 0) is 16.4 Å². The van der Waals surface area contributed by atoms with E-state index in [9.17, 15) is 13.2 Å². The topological polar surface area (TPSA) is 99.3 Å². The molecule has 0 saturated heterocycles. The lowest BCUT2D eigenvalue weighted by Crippen LogP contribution is -2.26. The first-order valence-corrected chi connectivity index (χ1v) is 9.21. The van der Waals surface area contributed by atoms with E-state index in [0.717, 1.165) is 27.8 Å². The van der Waals surface area contributed by atoms with Gasteiger partial charge in [-0.1, -0.05) is 18.2 Å². The lowest BCUT2D eigenvalue weighted by atomic mass is 10.1. The van der Waals surface area contributed by atoms with Gasteiger partial charge in [-0.15, -0.1) is 11.3 Å². The molecule has 0 amide bonds. The highest BCUT2D eigenvalue weighted by atomic mass is 32.2. The van der Waals surface area contributed by atoms with E-state index in [1.165, 1.54) is 11.4 Å². The van der Waals surface area contributed by atoms with Crippen LogP contribution in [0.1, 0.15) is 15.2 Å². The smallest absolute Gasteiger partial charge is 0.347 e. The number of nitrogens with one attached hydrogen (secondary N) is 2. The van der Waals surface area contributed by atoms with Gasteiger partial charge in [-0.25, -0.2) is 17.9 Å². The van der Waals surface area contributed by atoms with Crippen molar-refractivity contribution in [2.45, 2.75) is 11.3 Å². The van der Waals surface area contributed by atoms with Crippen LogP contribution in [-0.4, -0.2) is 31.0 Å². The Labute approximate surface area is 136 Å². The number of fused-ring (bicyclic) bond motifs is 1. The molecule has 3 N–H and O–H groups in total. The van der Waals surface area contributed by atoms with Crippen molar-refractivity contribution in [1.82, 2.24) is 9.71 Å². The van der Waals surface area contributed by atoms with E-state index in [2.05, 4.69) is 9.71 Å². The molecule has 0 unspecified atom stereocenters. The second-order valence-electron chi connectivity index (χ2n) is 4.93. The van der Waals surface area contributed by atoms with Gasteiger partial charge in [0.15, 0.2) is 0 Å². The predicted octanol–water partition coefficient (Wildman–Crippen LogP) is 2.45. The maximum absolute atomic E-state index is 12.2. The molecule has 0 aliphatic heterocycles. The number of aromatic nitrogens is 1. The highest BCUT2D eigenvalue weighted by Crippen LogP contribution is 2.22. The van der Waals surface area contributed by atoms with Gasteiger partial charge in [0.2, 0.25) is 10.0 Å². The van der Waals surface area contributed by atoms with E-state index in [-0.39, 0.29) is 16.3 Å². The van der Waals surface area contributed by atoms with E-state index in [4.69, 9.17) is 5.11 Å². The van der Waals surface area contributed by atoms with Crippen LogP contribution >= 0.6 is 11.3 Å². The van der Waals surface area contributed by atoms with Gasteiger partial charge in [-0.05, 0) is 29.5 Å². The van der Waals surface area contributed by atoms with Crippen molar-refractivity contribution in [3.8, 4) is 0 Å². The number of aromatic carboxylic acids is 1. The minimum atomic E-state index is -3.83. The summed E-state index contributed by atoms with van der Waals surface area (Å²) < 4.78 is 26.9. The molecule has 0 bridgehead atoms. The second kappa shape index (κ2) is 6.15. The van der Waals surface area contributed by atoms with Gasteiger partial charge >= 0.3 is 5.97 Å². The van der Waals surface area contributed by atoms with Crippen molar-refractivity contribution >= 4 is 38.2 Å². The summed E-state index contributed by atoms with van der Waals surface area (Å²) in [5.41, 5.74) is 2.00. The molecular formula is C15H14N2O4S2. The van der Waals surface area contributed by atoms with Crippen molar-refractivity contribution in [3.05, 3.63) is 52.3 Å². The minimum absolute atomic E-state index is 0.176. The predicted molar refractivity (Wildman–Crippen MR) is 88.5 cm³/mol. The molecule has 8 heteroatoms. The lowest BCUT2D eigenvalue weighted by Gasteiger charge is -2.06. The number of rotatable bonds is 6. The van der Waals surface area contributed by atoms with Crippen LogP contribution in [0.3, 0.4) is 0 Å². The van der Waals surface area contributed by atoms with Crippen LogP contribution in [0, 0.1) is 0 Å². The third-order valence-corrected chi connectivity index (χ3v) is 6.01. The molecule has 0 spiro atoms. The van der Waals surface area contributed by atoms with E-state index < -0.39 is 16.0 Å². The third-order valence-electron chi connectivity index (χ3n) is 3.47. The summed E-state index contributed by atoms with van der Waals surface area (Å²) in [5, 5.41) is 11.5. The summed E-state index contributed by atoms with van der Waals surface area (Å²) in [6.45, 7) is 0.194. The summed E-state index contributed by atoms with van der Waals surface area (Å²) in [6.07, 6.45) is 2.36. The summed E-state index contributed by atoms with van der Waals surface area (Å²) in [6, 6.07) is 9.08. The number of hydrogen-bond acceptors (Lipinski definition) is 4.